The Hall–Kier alpha value is 0.870. The Labute approximate surface area is 95.1 Å². The lowest BCUT2D eigenvalue weighted by Gasteiger charge is -2.25. The number of hydrogen-bond acceptors (Lipinski definition) is 3. The number of aliphatic hydroxyl groups is 1. The highest BCUT2D eigenvalue weighted by Crippen LogP contribution is 2.46. The first-order chi connectivity index (χ1) is 5.83. The molecule has 1 N–H and O–H groups in total. The molecule has 0 saturated heterocycles. The summed E-state index contributed by atoms with van der Waals surface area (Å²) in [5.41, 5.74) is 0. The van der Waals surface area contributed by atoms with Gasteiger partial charge < -0.3 is 5.11 Å². The lowest BCUT2D eigenvalue weighted by molar-refractivity contribution is 0.161. The third-order valence-electron chi connectivity index (χ3n) is 2.21. The molecule has 1 aliphatic rings. The largest absolute Gasteiger partial charge is 0.389 e. The van der Waals surface area contributed by atoms with Crippen molar-refractivity contribution in [3.8, 4) is 0 Å². The molecule has 0 aromatic carbocycles. The van der Waals surface area contributed by atoms with Crippen LogP contribution in [0.4, 0.5) is 0 Å². The monoisotopic (exact) mass is 334 g/mol. The summed E-state index contributed by atoms with van der Waals surface area (Å²) in [4.78, 5) is 0. The van der Waals surface area contributed by atoms with Gasteiger partial charge in [0.1, 0.15) is 0 Å². The van der Waals surface area contributed by atoms with E-state index < -0.39 is 18.5 Å². The number of halogens is 2. The molecule has 0 amide bonds. The predicted octanol–water partition coefficient (Wildman–Crippen LogP) is 1.64. The maximum Gasteiger partial charge on any atom is 0.206 e. The van der Waals surface area contributed by atoms with E-state index in [1.807, 2.05) is 0 Å². The molecule has 0 aromatic heterocycles. The maximum atomic E-state index is 11.5. The second kappa shape index (κ2) is 3.79. The van der Waals surface area contributed by atoms with Crippen LogP contribution in [0.15, 0.2) is 0 Å². The predicted molar refractivity (Wildman–Crippen MR) is 58.8 cm³/mol. The Morgan fingerprint density at radius 1 is 1.54 bits per heavy atom. The molecule has 0 radical (unpaired) electrons. The minimum absolute atomic E-state index is 0.00722. The molecule has 0 aliphatic heterocycles. The standard InChI is InChI=1S/C7H12Br2O3S/c1-2-13(11,12)7(8,9)6(10)5-3-4-5/h5-6,10H,2-4H2,1H3. The molecular formula is C7H12Br2O3S. The quantitative estimate of drug-likeness (QED) is 0.794. The van der Waals surface area contributed by atoms with E-state index in [0.717, 1.165) is 12.8 Å². The summed E-state index contributed by atoms with van der Waals surface area (Å²) >= 11 is 6.10. The van der Waals surface area contributed by atoms with Gasteiger partial charge in [-0.1, -0.05) is 38.8 Å². The number of sulfone groups is 1. The van der Waals surface area contributed by atoms with Crippen LogP contribution in [-0.2, 0) is 9.84 Å². The van der Waals surface area contributed by atoms with Gasteiger partial charge in [-0.3, -0.25) is 0 Å². The van der Waals surface area contributed by atoms with Crippen molar-refractivity contribution in [2.45, 2.75) is 28.4 Å². The van der Waals surface area contributed by atoms with Crippen LogP contribution in [0, 0.1) is 5.92 Å². The van der Waals surface area contributed by atoms with Gasteiger partial charge in [-0.2, -0.15) is 0 Å². The first-order valence-electron chi connectivity index (χ1n) is 4.11. The molecule has 1 fully saturated rings. The Morgan fingerprint density at radius 3 is 2.31 bits per heavy atom. The molecular weight excluding hydrogens is 324 g/mol. The molecule has 1 saturated carbocycles. The highest BCUT2D eigenvalue weighted by Gasteiger charge is 2.50. The fourth-order valence-corrected chi connectivity index (χ4v) is 4.13. The highest BCUT2D eigenvalue weighted by molar-refractivity contribution is 9.28. The summed E-state index contributed by atoms with van der Waals surface area (Å²) in [7, 11) is -3.32. The Bertz CT molecular complexity index is 282. The van der Waals surface area contributed by atoms with Crippen molar-refractivity contribution in [1.82, 2.24) is 0 Å². The topological polar surface area (TPSA) is 54.4 Å². The van der Waals surface area contributed by atoms with Crippen LogP contribution in [0.3, 0.4) is 0 Å². The van der Waals surface area contributed by atoms with Crippen molar-refractivity contribution in [1.29, 1.82) is 0 Å². The molecule has 1 aliphatic carbocycles. The number of aliphatic hydroxyl groups excluding tert-OH is 1. The molecule has 0 spiro atoms. The van der Waals surface area contributed by atoms with Crippen LogP contribution in [0.25, 0.3) is 0 Å². The molecule has 1 unspecified atom stereocenters. The van der Waals surface area contributed by atoms with Gasteiger partial charge in [-0.05, 0) is 18.8 Å². The van der Waals surface area contributed by atoms with Gasteiger partial charge in [-0.25, -0.2) is 8.42 Å². The smallest absolute Gasteiger partial charge is 0.206 e. The van der Waals surface area contributed by atoms with Crippen molar-refractivity contribution in [3.63, 3.8) is 0 Å². The zero-order chi connectivity index (χ0) is 10.3. The van der Waals surface area contributed by atoms with Crippen LogP contribution in [0.5, 0.6) is 0 Å². The van der Waals surface area contributed by atoms with E-state index in [4.69, 9.17) is 0 Å². The van der Waals surface area contributed by atoms with Crippen LogP contribution in [0.2, 0.25) is 0 Å². The molecule has 1 atom stereocenters. The fraction of sp³-hybridized carbons (Fsp3) is 1.00. The van der Waals surface area contributed by atoms with Gasteiger partial charge >= 0.3 is 0 Å². The zero-order valence-electron chi connectivity index (χ0n) is 7.20. The Morgan fingerprint density at radius 2 is 2.00 bits per heavy atom. The van der Waals surface area contributed by atoms with Gasteiger partial charge in [0.2, 0.25) is 2.57 Å². The lowest BCUT2D eigenvalue weighted by Crippen LogP contribution is -2.40. The zero-order valence-corrected chi connectivity index (χ0v) is 11.2. The Balaban J connectivity index is 2.85. The molecule has 1 rings (SSSR count). The molecule has 0 aromatic rings. The van der Waals surface area contributed by atoms with Crippen LogP contribution >= 0.6 is 31.9 Å². The van der Waals surface area contributed by atoms with E-state index in [0.29, 0.717) is 0 Å². The van der Waals surface area contributed by atoms with E-state index in [1.54, 1.807) is 6.92 Å². The van der Waals surface area contributed by atoms with Crippen molar-refractivity contribution >= 4 is 41.7 Å². The fourth-order valence-electron chi connectivity index (χ4n) is 1.06. The summed E-state index contributed by atoms with van der Waals surface area (Å²) in [5, 5.41) is 9.71. The van der Waals surface area contributed by atoms with Crippen LogP contribution in [-0.4, -0.2) is 27.9 Å². The number of hydrogen-bond donors (Lipinski definition) is 1. The van der Waals surface area contributed by atoms with E-state index in [2.05, 4.69) is 31.9 Å². The summed E-state index contributed by atoms with van der Waals surface area (Å²) in [6, 6.07) is 0. The van der Waals surface area contributed by atoms with Crippen LogP contribution in [0.1, 0.15) is 19.8 Å². The summed E-state index contributed by atoms with van der Waals surface area (Å²) in [6.45, 7) is 1.56. The molecule has 78 valence electrons. The minimum Gasteiger partial charge on any atom is -0.389 e. The summed E-state index contributed by atoms with van der Waals surface area (Å²) in [5.74, 6) is 0.118. The average Bonchev–Trinajstić information content (AvgIpc) is 2.85. The average molecular weight is 336 g/mol. The second-order valence-electron chi connectivity index (χ2n) is 3.25. The van der Waals surface area contributed by atoms with Crippen molar-refractivity contribution in [3.05, 3.63) is 0 Å². The van der Waals surface area contributed by atoms with Gasteiger partial charge in [0.15, 0.2) is 9.84 Å². The summed E-state index contributed by atoms with van der Waals surface area (Å²) in [6.07, 6.45) is 0.941. The maximum absolute atomic E-state index is 11.5. The minimum atomic E-state index is -3.32. The first kappa shape index (κ1) is 11.9. The number of rotatable bonds is 4. The number of alkyl halides is 2. The van der Waals surface area contributed by atoms with E-state index in [9.17, 15) is 13.5 Å². The first-order valence-corrected chi connectivity index (χ1v) is 7.35. The third-order valence-corrected chi connectivity index (χ3v) is 7.94. The van der Waals surface area contributed by atoms with E-state index >= 15 is 0 Å². The molecule has 0 heterocycles. The van der Waals surface area contributed by atoms with Gasteiger partial charge in [0.25, 0.3) is 0 Å². The van der Waals surface area contributed by atoms with E-state index in [-0.39, 0.29) is 11.7 Å². The second-order valence-corrected chi connectivity index (χ2v) is 10.3. The van der Waals surface area contributed by atoms with Crippen molar-refractivity contribution in [2.24, 2.45) is 5.92 Å². The van der Waals surface area contributed by atoms with Crippen LogP contribution < -0.4 is 0 Å². The third kappa shape index (κ3) is 2.27. The molecule has 0 bridgehead atoms. The van der Waals surface area contributed by atoms with Gasteiger partial charge in [0, 0.05) is 5.75 Å². The Kier molecular flexibility index (Phi) is 3.48. The highest BCUT2D eigenvalue weighted by atomic mass is 79.9. The molecule has 13 heavy (non-hydrogen) atoms. The van der Waals surface area contributed by atoms with Crippen molar-refractivity contribution in [2.75, 3.05) is 5.75 Å². The normalized spacial score (nSPS) is 21.5. The van der Waals surface area contributed by atoms with Crippen molar-refractivity contribution < 1.29 is 13.5 Å². The van der Waals surface area contributed by atoms with Gasteiger partial charge in [-0.15, -0.1) is 0 Å². The SMILES string of the molecule is CCS(=O)(=O)C(Br)(Br)C(O)C1CC1. The lowest BCUT2D eigenvalue weighted by atomic mass is 10.3. The van der Waals surface area contributed by atoms with E-state index in [1.165, 1.54) is 0 Å². The molecule has 6 heteroatoms. The molecule has 3 nitrogen and oxygen atoms in total. The summed E-state index contributed by atoms with van der Waals surface area (Å²) < 4.78 is 21.7. The van der Waals surface area contributed by atoms with Gasteiger partial charge in [0.05, 0.1) is 6.10 Å².